The van der Waals surface area contributed by atoms with Gasteiger partial charge in [-0.15, -0.1) is 0 Å². The molecule has 5 nitrogen and oxygen atoms in total. The Labute approximate surface area is 119 Å². The van der Waals surface area contributed by atoms with Gasteiger partial charge in [0, 0.05) is 19.3 Å². The molecule has 0 aromatic carbocycles. The molecule has 0 bridgehead atoms. The molecule has 1 aromatic rings. The fourth-order valence-corrected chi connectivity index (χ4v) is 2.09. The summed E-state index contributed by atoms with van der Waals surface area (Å²) in [6, 6.07) is 1.38. The highest BCUT2D eigenvalue weighted by molar-refractivity contribution is 5.95. The number of nitrogens with two attached hydrogens (primary N) is 1. The van der Waals surface area contributed by atoms with Gasteiger partial charge in [0.2, 0.25) is 0 Å². The second-order valence-electron chi connectivity index (χ2n) is 4.69. The van der Waals surface area contributed by atoms with E-state index in [-0.39, 0.29) is 17.3 Å². The number of amides is 1. The zero-order valence-corrected chi connectivity index (χ0v) is 12.3. The van der Waals surface area contributed by atoms with Crippen LogP contribution in [0.5, 0.6) is 0 Å². The molecule has 0 aliphatic rings. The SMILES string of the molecule is CCC(CC)CN(CC)C(=O)c1ccnc(NN)c1F. The Kier molecular flexibility index (Phi) is 6.38. The molecule has 6 heteroatoms. The Morgan fingerprint density at radius 1 is 1.45 bits per heavy atom. The molecular formula is C14H23FN4O. The topological polar surface area (TPSA) is 71.2 Å². The molecule has 0 unspecified atom stereocenters. The summed E-state index contributed by atoms with van der Waals surface area (Å²) in [5.41, 5.74) is 2.15. The number of rotatable bonds is 7. The first-order valence-electron chi connectivity index (χ1n) is 6.99. The van der Waals surface area contributed by atoms with Gasteiger partial charge < -0.3 is 10.3 Å². The second-order valence-corrected chi connectivity index (χ2v) is 4.69. The lowest BCUT2D eigenvalue weighted by molar-refractivity contribution is 0.0730. The van der Waals surface area contributed by atoms with Crippen LogP contribution < -0.4 is 11.3 Å². The highest BCUT2D eigenvalue weighted by Crippen LogP contribution is 2.18. The predicted octanol–water partition coefficient (Wildman–Crippen LogP) is 2.40. The first-order chi connectivity index (χ1) is 9.58. The van der Waals surface area contributed by atoms with Crippen LogP contribution >= 0.6 is 0 Å². The predicted molar refractivity (Wildman–Crippen MR) is 77.7 cm³/mol. The number of hydrogen-bond donors (Lipinski definition) is 2. The lowest BCUT2D eigenvalue weighted by atomic mass is 10.0. The van der Waals surface area contributed by atoms with Gasteiger partial charge in [-0.05, 0) is 18.9 Å². The molecule has 0 aliphatic heterocycles. The van der Waals surface area contributed by atoms with E-state index in [1.807, 2.05) is 6.92 Å². The summed E-state index contributed by atoms with van der Waals surface area (Å²) in [5.74, 6) is 4.46. The van der Waals surface area contributed by atoms with Crippen LogP contribution in [0.1, 0.15) is 44.0 Å². The number of carbonyl (C=O) groups excluding carboxylic acids is 1. The number of hydrazine groups is 1. The molecule has 20 heavy (non-hydrogen) atoms. The van der Waals surface area contributed by atoms with Gasteiger partial charge in [-0.2, -0.15) is 0 Å². The second kappa shape index (κ2) is 7.79. The Morgan fingerprint density at radius 3 is 2.60 bits per heavy atom. The third kappa shape index (κ3) is 3.66. The Bertz CT molecular complexity index is 449. The van der Waals surface area contributed by atoms with Gasteiger partial charge in [-0.1, -0.05) is 26.7 Å². The minimum atomic E-state index is -0.706. The quantitative estimate of drug-likeness (QED) is 0.595. The van der Waals surface area contributed by atoms with Crippen molar-refractivity contribution < 1.29 is 9.18 Å². The molecule has 1 aromatic heterocycles. The number of aromatic nitrogens is 1. The first kappa shape index (κ1) is 16.4. The molecule has 1 rings (SSSR count). The number of carbonyl (C=O) groups is 1. The third-order valence-corrected chi connectivity index (χ3v) is 3.56. The van der Waals surface area contributed by atoms with Gasteiger partial charge in [0.1, 0.15) is 0 Å². The molecule has 0 radical (unpaired) electrons. The number of nitrogen functional groups attached to an aromatic ring is 1. The van der Waals surface area contributed by atoms with Crippen molar-refractivity contribution in [2.24, 2.45) is 11.8 Å². The highest BCUT2D eigenvalue weighted by atomic mass is 19.1. The van der Waals surface area contributed by atoms with Crippen molar-refractivity contribution in [3.05, 3.63) is 23.6 Å². The van der Waals surface area contributed by atoms with Crippen molar-refractivity contribution >= 4 is 11.7 Å². The molecule has 1 amide bonds. The van der Waals surface area contributed by atoms with E-state index in [0.29, 0.717) is 19.0 Å². The average molecular weight is 282 g/mol. The molecule has 112 valence electrons. The van der Waals surface area contributed by atoms with Gasteiger partial charge in [0.25, 0.3) is 5.91 Å². The lowest BCUT2D eigenvalue weighted by Crippen LogP contribution is -2.35. The largest absolute Gasteiger partial charge is 0.339 e. The van der Waals surface area contributed by atoms with Crippen LogP contribution in [-0.2, 0) is 0 Å². The molecule has 3 N–H and O–H groups in total. The van der Waals surface area contributed by atoms with Crippen molar-refractivity contribution in [2.75, 3.05) is 18.5 Å². The summed E-state index contributed by atoms with van der Waals surface area (Å²) in [4.78, 5) is 17.8. The number of nitrogens with one attached hydrogen (secondary N) is 1. The summed E-state index contributed by atoms with van der Waals surface area (Å²) in [5, 5.41) is 0. The monoisotopic (exact) mass is 282 g/mol. The van der Waals surface area contributed by atoms with E-state index in [1.54, 1.807) is 4.90 Å². The van der Waals surface area contributed by atoms with Crippen molar-refractivity contribution in [1.29, 1.82) is 0 Å². The summed E-state index contributed by atoms with van der Waals surface area (Å²) >= 11 is 0. The summed E-state index contributed by atoms with van der Waals surface area (Å²) in [6.07, 6.45) is 3.36. The Morgan fingerprint density at radius 2 is 2.10 bits per heavy atom. The van der Waals surface area contributed by atoms with E-state index >= 15 is 0 Å². The Balaban J connectivity index is 2.96. The molecule has 0 saturated heterocycles. The molecule has 0 spiro atoms. The number of nitrogens with zero attached hydrogens (tertiary/aromatic N) is 2. The highest BCUT2D eigenvalue weighted by Gasteiger charge is 2.22. The van der Waals surface area contributed by atoms with Crippen LogP contribution in [0.15, 0.2) is 12.3 Å². The van der Waals surface area contributed by atoms with Crippen LogP contribution in [0.2, 0.25) is 0 Å². The van der Waals surface area contributed by atoms with Crippen LogP contribution in [0.25, 0.3) is 0 Å². The standard InChI is InChI=1S/C14H23FN4O/c1-4-10(5-2)9-19(6-3)14(20)11-7-8-17-13(18-16)12(11)15/h7-8,10H,4-6,9,16H2,1-3H3,(H,17,18). The van der Waals surface area contributed by atoms with E-state index in [4.69, 9.17) is 5.84 Å². The van der Waals surface area contributed by atoms with E-state index in [1.165, 1.54) is 12.3 Å². The number of pyridine rings is 1. The van der Waals surface area contributed by atoms with Crippen LogP contribution in [-0.4, -0.2) is 28.9 Å². The smallest absolute Gasteiger partial charge is 0.257 e. The molecule has 0 atom stereocenters. The fraction of sp³-hybridized carbons (Fsp3) is 0.571. The van der Waals surface area contributed by atoms with Gasteiger partial charge in [0.15, 0.2) is 11.6 Å². The molecule has 0 saturated carbocycles. The molecular weight excluding hydrogens is 259 g/mol. The van der Waals surface area contributed by atoms with Gasteiger partial charge in [-0.3, -0.25) is 4.79 Å². The van der Waals surface area contributed by atoms with Crippen molar-refractivity contribution in [3.8, 4) is 0 Å². The zero-order chi connectivity index (χ0) is 15.1. The minimum Gasteiger partial charge on any atom is -0.339 e. The maximum atomic E-state index is 14.1. The van der Waals surface area contributed by atoms with Gasteiger partial charge in [-0.25, -0.2) is 15.2 Å². The molecule has 0 aliphatic carbocycles. The van der Waals surface area contributed by atoms with E-state index in [0.717, 1.165) is 12.8 Å². The lowest BCUT2D eigenvalue weighted by Gasteiger charge is -2.25. The summed E-state index contributed by atoms with van der Waals surface area (Å²) in [6.45, 7) is 7.26. The van der Waals surface area contributed by atoms with Crippen molar-refractivity contribution in [1.82, 2.24) is 9.88 Å². The van der Waals surface area contributed by atoms with Gasteiger partial charge >= 0.3 is 0 Å². The van der Waals surface area contributed by atoms with Crippen LogP contribution in [0.3, 0.4) is 0 Å². The number of anilines is 1. The van der Waals surface area contributed by atoms with Crippen LogP contribution in [0, 0.1) is 11.7 Å². The number of halogens is 1. The average Bonchev–Trinajstić information content (AvgIpc) is 2.48. The molecule has 1 heterocycles. The maximum absolute atomic E-state index is 14.1. The summed E-state index contributed by atoms with van der Waals surface area (Å²) < 4.78 is 14.1. The minimum absolute atomic E-state index is 0.000700. The maximum Gasteiger partial charge on any atom is 0.257 e. The Hall–Kier alpha value is -1.69. The van der Waals surface area contributed by atoms with Crippen molar-refractivity contribution in [2.45, 2.75) is 33.6 Å². The van der Waals surface area contributed by atoms with Crippen LogP contribution in [0.4, 0.5) is 10.2 Å². The molecule has 0 fully saturated rings. The fourth-order valence-electron chi connectivity index (χ4n) is 2.09. The third-order valence-electron chi connectivity index (χ3n) is 3.56. The van der Waals surface area contributed by atoms with Gasteiger partial charge in [0.05, 0.1) is 5.56 Å². The summed E-state index contributed by atoms with van der Waals surface area (Å²) in [7, 11) is 0. The first-order valence-corrected chi connectivity index (χ1v) is 6.99. The van der Waals surface area contributed by atoms with Crippen molar-refractivity contribution in [3.63, 3.8) is 0 Å². The van der Waals surface area contributed by atoms with E-state index < -0.39 is 5.82 Å². The van der Waals surface area contributed by atoms with E-state index in [9.17, 15) is 9.18 Å². The zero-order valence-electron chi connectivity index (χ0n) is 12.3. The normalized spacial score (nSPS) is 10.7. The van der Waals surface area contributed by atoms with E-state index in [2.05, 4.69) is 24.3 Å². The number of hydrogen-bond acceptors (Lipinski definition) is 4.